The lowest BCUT2D eigenvalue weighted by Crippen LogP contribution is -2.45. The van der Waals surface area contributed by atoms with E-state index >= 15 is 0 Å². The predicted octanol–water partition coefficient (Wildman–Crippen LogP) is 5.31. The highest BCUT2D eigenvalue weighted by atomic mass is 32.2. The number of imidazole rings is 1. The first-order chi connectivity index (χ1) is 13.5. The van der Waals surface area contributed by atoms with Crippen LogP contribution in [0.2, 0.25) is 0 Å². The summed E-state index contributed by atoms with van der Waals surface area (Å²) in [4.78, 5) is 3.61. The van der Waals surface area contributed by atoms with Crippen molar-refractivity contribution in [1.82, 2.24) is 9.55 Å². The van der Waals surface area contributed by atoms with E-state index in [4.69, 9.17) is 0 Å². The Hall–Kier alpha value is -1.59. The van der Waals surface area contributed by atoms with Crippen molar-refractivity contribution in [1.29, 1.82) is 0 Å². The monoisotopic (exact) mass is 456 g/mol. The second-order valence-electron chi connectivity index (χ2n) is 6.01. The molecule has 0 atom stereocenters. The first kappa shape index (κ1) is 25.4. The highest BCUT2D eigenvalue weighted by molar-refractivity contribution is 8.01. The summed E-state index contributed by atoms with van der Waals surface area (Å²) in [5.74, 6) is 0. The highest BCUT2D eigenvalue weighted by Crippen LogP contribution is 2.49. The summed E-state index contributed by atoms with van der Waals surface area (Å²) in [6.45, 7) is 1.37. The maximum atomic E-state index is 13.8. The van der Waals surface area contributed by atoms with E-state index in [1.54, 1.807) is 12.5 Å². The Morgan fingerprint density at radius 3 is 2.24 bits per heavy atom. The molecule has 0 aliphatic heterocycles. The third-order valence-corrected chi connectivity index (χ3v) is 6.03. The minimum atomic E-state index is -5.73. The molecule has 1 aromatic heterocycles. The van der Waals surface area contributed by atoms with E-state index < -0.39 is 39.0 Å². The maximum absolute atomic E-state index is 13.8. The molecule has 0 fully saturated rings. The van der Waals surface area contributed by atoms with Crippen molar-refractivity contribution in [2.45, 2.75) is 48.0 Å². The lowest BCUT2D eigenvalue weighted by Gasteiger charge is -2.24. The summed E-state index contributed by atoms with van der Waals surface area (Å²) < 4.78 is 83.9. The van der Waals surface area contributed by atoms with Gasteiger partial charge in [0.25, 0.3) is 0 Å². The second kappa shape index (κ2) is 11.6. The minimum absolute atomic E-state index is 0.171. The van der Waals surface area contributed by atoms with Crippen molar-refractivity contribution in [2.75, 3.05) is 6.61 Å². The third kappa shape index (κ3) is 7.98. The van der Waals surface area contributed by atoms with Crippen LogP contribution in [0.15, 0.2) is 53.9 Å². The van der Waals surface area contributed by atoms with E-state index in [9.17, 15) is 26.0 Å². The van der Waals surface area contributed by atoms with Crippen LogP contribution in [0.4, 0.5) is 17.6 Å². The molecule has 0 saturated carbocycles. The normalized spacial score (nSPS) is 12.3. The molecule has 0 unspecified atom stereocenters. The van der Waals surface area contributed by atoms with E-state index in [2.05, 4.69) is 9.17 Å². The number of benzene rings is 1. The van der Waals surface area contributed by atoms with Crippen LogP contribution in [-0.2, 0) is 21.3 Å². The molecule has 11 heteroatoms. The average Bonchev–Trinajstić information content (AvgIpc) is 3.13. The summed E-state index contributed by atoms with van der Waals surface area (Å²) >= 11 is -0.515. The molecule has 2 aromatic rings. The lowest BCUT2D eigenvalue weighted by molar-refractivity contribution is -0.0964. The van der Waals surface area contributed by atoms with Crippen LogP contribution in [0.5, 0.6) is 0 Å². The average molecular weight is 457 g/mol. The Labute approximate surface area is 172 Å². The predicted molar refractivity (Wildman–Crippen MR) is 104 cm³/mol. The molecular formula is C18H24F4N2O3S2. The minimum Gasteiger partial charge on any atom is -0.341 e. The number of alkyl halides is 4. The molecule has 2 rings (SSSR count). The zero-order chi connectivity index (χ0) is 22.0. The van der Waals surface area contributed by atoms with Crippen molar-refractivity contribution < 1.29 is 30.2 Å². The molecule has 1 heterocycles. The van der Waals surface area contributed by atoms with Crippen molar-refractivity contribution in [2.24, 2.45) is 7.05 Å². The quantitative estimate of drug-likeness (QED) is 0.210. The molecule has 5 nitrogen and oxygen atoms in total. The van der Waals surface area contributed by atoms with Crippen molar-refractivity contribution in [3.63, 3.8) is 0 Å². The van der Waals surface area contributed by atoms with Gasteiger partial charge in [-0.1, -0.05) is 44.4 Å². The van der Waals surface area contributed by atoms with Crippen LogP contribution in [0.3, 0.4) is 0 Å². The Bertz CT molecular complexity index is 802. The number of thioether (sulfide) groups is 1. The maximum Gasteiger partial charge on any atom is 0.442 e. The lowest BCUT2D eigenvalue weighted by atomic mass is 10.2. The molecule has 0 bridgehead atoms. The van der Waals surface area contributed by atoms with Gasteiger partial charge in [0.2, 0.25) is 0 Å². The molecule has 1 aromatic carbocycles. The van der Waals surface area contributed by atoms with Crippen molar-refractivity contribution in [3.8, 4) is 0 Å². The van der Waals surface area contributed by atoms with Crippen molar-refractivity contribution in [3.05, 3.63) is 49.1 Å². The van der Waals surface area contributed by atoms with Gasteiger partial charge in [0.1, 0.15) is 0 Å². The molecule has 29 heavy (non-hydrogen) atoms. The van der Waals surface area contributed by atoms with Gasteiger partial charge in [-0.25, -0.2) is 4.98 Å². The molecule has 164 valence electrons. The van der Waals surface area contributed by atoms with E-state index in [0.717, 1.165) is 12.8 Å². The van der Waals surface area contributed by atoms with Crippen LogP contribution in [0.25, 0.3) is 0 Å². The number of nitrogens with zero attached hydrogens (tertiary/aromatic N) is 2. The van der Waals surface area contributed by atoms with Gasteiger partial charge >= 0.3 is 20.6 Å². The Morgan fingerprint density at radius 1 is 1.10 bits per heavy atom. The first-order valence-electron chi connectivity index (χ1n) is 8.84. The standard InChI is InChI=1S/C14H18F4O3S2.C4H6N2/c1-2-3-4-8-11-21-23(19,20)14(17,18)13(15,16)22-12-9-6-5-7-10-12;1-6-3-2-5-4-6/h5-7,9-10H,2-4,8,11H2,1H3;2-4H,1H3. The van der Waals surface area contributed by atoms with E-state index in [1.165, 1.54) is 30.3 Å². The van der Waals surface area contributed by atoms with Gasteiger partial charge in [0.15, 0.2) is 0 Å². The summed E-state index contributed by atoms with van der Waals surface area (Å²) in [7, 11) is -3.79. The van der Waals surface area contributed by atoms with E-state index in [1.807, 2.05) is 24.7 Å². The summed E-state index contributed by atoms with van der Waals surface area (Å²) in [6.07, 6.45) is 7.81. The van der Waals surface area contributed by atoms with Crippen LogP contribution < -0.4 is 0 Å². The molecule has 0 saturated heterocycles. The smallest absolute Gasteiger partial charge is 0.341 e. The topological polar surface area (TPSA) is 61.2 Å². The number of hydrogen-bond acceptors (Lipinski definition) is 5. The largest absolute Gasteiger partial charge is 0.442 e. The molecule has 0 aliphatic carbocycles. The number of unbranched alkanes of at least 4 members (excludes halogenated alkanes) is 3. The van der Waals surface area contributed by atoms with Crippen molar-refractivity contribution >= 4 is 21.9 Å². The summed E-state index contributed by atoms with van der Waals surface area (Å²) in [5, 5.41) is -10.2. The molecule has 0 amide bonds. The third-order valence-electron chi connectivity index (χ3n) is 3.52. The van der Waals surface area contributed by atoms with Gasteiger partial charge in [0, 0.05) is 24.3 Å². The number of hydrogen-bond donors (Lipinski definition) is 0. The fourth-order valence-corrected chi connectivity index (χ4v) is 3.85. The fourth-order valence-electron chi connectivity index (χ4n) is 1.94. The number of rotatable bonds is 10. The molecule has 0 N–H and O–H groups in total. The number of aryl methyl sites for hydroxylation is 1. The number of halogens is 4. The Morgan fingerprint density at radius 2 is 1.76 bits per heavy atom. The van der Waals surface area contributed by atoms with Crippen LogP contribution >= 0.6 is 11.8 Å². The van der Waals surface area contributed by atoms with E-state index in [-0.39, 0.29) is 11.3 Å². The van der Waals surface area contributed by atoms with Gasteiger partial charge in [0.05, 0.1) is 12.9 Å². The Kier molecular flexibility index (Phi) is 10.1. The molecule has 0 radical (unpaired) electrons. The Balaban J connectivity index is 0.000000594. The highest BCUT2D eigenvalue weighted by Gasteiger charge is 2.67. The SMILES string of the molecule is CCCCCCOS(=O)(=O)C(F)(F)C(F)(F)Sc1ccccc1.Cn1ccnc1. The molecular weight excluding hydrogens is 432 g/mol. The summed E-state index contributed by atoms with van der Waals surface area (Å²) in [6, 6.07) is 6.67. The second-order valence-corrected chi connectivity index (χ2v) is 8.86. The van der Waals surface area contributed by atoms with Gasteiger partial charge in [-0.2, -0.15) is 26.0 Å². The van der Waals surface area contributed by atoms with Gasteiger partial charge < -0.3 is 4.57 Å². The zero-order valence-corrected chi connectivity index (χ0v) is 17.7. The van der Waals surface area contributed by atoms with Gasteiger partial charge in [-0.05, 0) is 30.3 Å². The molecule has 0 aliphatic rings. The van der Waals surface area contributed by atoms with Crippen LogP contribution in [0, 0.1) is 0 Å². The van der Waals surface area contributed by atoms with Crippen LogP contribution in [0.1, 0.15) is 32.6 Å². The molecule has 0 spiro atoms. The zero-order valence-electron chi connectivity index (χ0n) is 16.1. The fraction of sp³-hybridized carbons (Fsp3) is 0.500. The van der Waals surface area contributed by atoms with Gasteiger partial charge in [-0.3, -0.25) is 4.18 Å². The van der Waals surface area contributed by atoms with Crippen LogP contribution in [-0.4, -0.2) is 35.1 Å². The first-order valence-corrected chi connectivity index (χ1v) is 11.1. The number of aromatic nitrogens is 2. The van der Waals surface area contributed by atoms with E-state index in [0.29, 0.717) is 6.42 Å². The van der Waals surface area contributed by atoms with Gasteiger partial charge in [-0.15, -0.1) is 0 Å². The summed E-state index contributed by atoms with van der Waals surface area (Å²) in [5.41, 5.74) is 0.